The van der Waals surface area contributed by atoms with E-state index in [1.54, 1.807) is 37.3 Å². The van der Waals surface area contributed by atoms with E-state index in [0.717, 1.165) is 11.8 Å². The molecule has 136 valence electrons. The fourth-order valence-electron chi connectivity index (χ4n) is 2.89. The number of carbonyl (C=O) groups is 1. The van der Waals surface area contributed by atoms with Gasteiger partial charge in [-0.25, -0.2) is 13.2 Å². The number of hydrogen-bond acceptors (Lipinski definition) is 3. The monoisotopic (exact) mass is 398 g/mol. The van der Waals surface area contributed by atoms with Gasteiger partial charge in [0.25, 0.3) is 12.3 Å². The van der Waals surface area contributed by atoms with Crippen molar-refractivity contribution in [3.05, 3.63) is 63.9 Å². The van der Waals surface area contributed by atoms with Crippen molar-refractivity contribution in [2.24, 2.45) is 5.73 Å². The molecule has 3 rings (SSSR count). The summed E-state index contributed by atoms with van der Waals surface area (Å²) in [5.74, 6) is -1.50. The Balaban J connectivity index is 2.18. The van der Waals surface area contributed by atoms with E-state index in [1.165, 1.54) is 17.0 Å². The summed E-state index contributed by atoms with van der Waals surface area (Å²) in [6, 6.07) is 11.0. The van der Waals surface area contributed by atoms with Crippen molar-refractivity contribution in [3.8, 4) is 11.1 Å². The molecule has 0 spiro atoms. The molecule has 0 aliphatic carbocycles. The summed E-state index contributed by atoms with van der Waals surface area (Å²) >= 11 is 6.71. The zero-order chi connectivity index (χ0) is 19.0. The topological polar surface area (TPSA) is 46.3 Å². The lowest BCUT2D eigenvalue weighted by Crippen LogP contribution is -2.30. The fraction of sp³-hybridized carbons (Fsp3) is 0.167. The van der Waals surface area contributed by atoms with Crippen LogP contribution in [-0.4, -0.2) is 17.7 Å². The van der Waals surface area contributed by atoms with E-state index in [2.05, 4.69) is 0 Å². The molecular weight excluding hydrogens is 385 g/mol. The van der Waals surface area contributed by atoms with E-state index in [9.17, 15) is 18.0 Å². The van der Waals surface area contributed by atoms with Gasteiger partial charge in [0.1, 0.15) is 11.5 Å². The molecule has 0 aromatic heterocycles. The first-order valence-corrected chi connectivity index (χ1v) is 8.89. The fourth-order valence-corrected chi connectivity index (χ4v) is 4.11. The SMILES string of the molecule is CC1SC(C(N)=O)=C(C(F)F)N1c1ccccc1-c1ccc(Cl)c(F)c1. The van der Waals surface area contributed by atoms with Crippen LogP contribution in [-0.2, 0) is 4.79 Å². The highest BCUT2D eigenvalue weighted by Crippen LogP contribution is 2.46. The van der Waals surface area contributed by atoms with Crippen LogP contribution in [0.5, 0.6) is 0 Å². The van der Waals surface area contributed by atoms with Crippen molar-refractivity contribution in [2.45, 2.75) is 18.7 Å². The molecule has 1 heterocycles. The van der Waals surface area contributed by atoms with Gasteiger partial charge in [0.2, 0.25) is 0 Å². The average molecular weight is 399 g/mol. The molecule has 0 fully saturated rings. The molecule has 1 aliphatic rings. The van der Waals surface area contributed by atoms with Crippen LogP contribution in [0.25, 0.3) is 11.1 Å². The maximum Gasteiger partial charge on any atom is 0.279 e. The number of allylic oxidation sites excluding steroid dienone is 1. The van der Waals surface area contributed by atoms with Gasteiger partial charge in [0.15, 0.2) is 0 Å². The quantitative estimate of drug-likeness (QED) is 0.787. The highest BCUT2D eigenvalue weighted by atomic mass is 35.5. The third kappa shape index (κ3) is 3.29. The highest BCUT2D eigenvalue weighted by Gasteiger charge is 2.38. The second-order valence-corrected chi connectivity index (χ2v) is 7.35. The number of para-hydroxylation sites is 1. The Labute approximate surface area is 157 Å². The maximum absolute atomic E-state index is 13.9. The Kier molecular flexibility index (Phi) is 5.20. The van der Waals surface area contributed by atoms with Crippen molar-refractivity contribution in [3.63, 3.8) is 0 Å². The number of rotatable bonds is 4. The van der Waals surface area contributed by atoms with Gasteiger partial charge in [-0.1, -0.05) is 47.6 Å². The van der Waals surface area contributed by atoms with Crippen molar-refractivity contribution >= 4 is 35.0 Å². The van der Waals surface area contributed by atoms with E-state index in [1.807, 2.05) is 0 Å². The van der Waals surface area contributed by atoms with Crippen molar-refractivity contribution in [2.75, 3.05) is 4.90 Å². The highest BCUT2D eigenvalue weighted by molar-refractivity contribution is 8.05. The van der Waals surface area contributed by atoms with E-state index in [0.29, 0.717) is 16.8 Å². The van der Waals surface area contributed by atoms with Gasteiger partial charge in [-0.15, -0.1) is 0 Å². The molecule has 1 atom stereocenters. The van der Waals surface area contributed by atoms with Gasteiger partial charge in [-0.3, -0.25) is 4.79 Å². The van der Waals surface area contributed by atoms with Gasteiger partial charge < -0.3 is 10.6 Å². The molecule has 1 amide bonds. The van der Waals surface area contributed by atoms with Crippen molar-refractivity contribution < 1.29 is 18.0 Å². The number of carbonyl (C=O) groups excluding carboxylic acids is 1. The molecule has 26 heavy (non-hydrogen) atoms. The molecule has 2 aromatic carbocycles. The van der Waals surface area contributed by atoms with E-state index in [-0.39, 0.29) is 9.93 Å². The van der Waals surface area contributed by atoms with Crippen molar-refractivity contribution in [1.29, 1.82) is 0 Å². The number of anilines is 1. The number of halogens is 4. The molecule has 2 N–H and O–H groups in total. The lowest BCUT2D eigenvalue weighted by atomic mass is 10.0. The van der Waals surface area contributed by atoms with Gasteiger partial charge in [0.05, 0.1) is 15.3 Å². The summed E-state index contributed by atoms with van der Waals surface area (Å²) in [6.45, 7) is 1.70. The molecular formula is C18H14ClF3N2OS. The molecule has 0 saturated heterocycles. The molecule has 2 aromatic rings. The van der Waals surface area contributed by atoms with Crippen LogP contribution >= 0.6 is 23.4 Å². The Hall–Kier alpha value is -2.12. The molecule has 1 aliphatic heterocycles. The molecule has 3 nitrogen and oxygen atoms in total. The lowest BCUT2D eigenvalue weighted by molar-refractivity contribution is -0.114. The van der Waals surface area contributed by atoms with Crippen molar-refractivity contribution in [1.82, 2.24) is 0 Å². The first-order valence-electron chi connectivity index (χ1n) is 7.63. The van der Waals surface area contributed by atoms with Crippen LogP contribution in [0.1, 0.15) is 6.92 Å². The first-order chi connectivity index (χ1) is 12.3. The average Bonchev–Trinajstić information content (AvgIpc) is 2.95. The zero-order valence-corrected chi connectivity index (χ0v) is 15.1. The number of hydrogen-bond donors (Lipinski definition) is 1. The van der Waals surface area contributed by atoms with Crippen LogP contribution < -0.4 is 10.6 Å². The third-order valence-corrected chi connectivity index (χ3v) is 5.47. The number of thioether (sulfide) groups is 1. The normalized spacial score (nSPS) is 17.3. The summed E-state index contributed by atoms with van der Waals surface area (Å²) in [7, 11) is 0. The second kappa shape index (κ2) is 7.25. The first kappa shape index (κ1) is 18.7. The van der Waals surface area contributed by atoms with Crippen LogP contribution in [0.4, 0.5) is 18.9 Å². The maximum atomic E-state index is 13.9. The zero-order valence-electron chi connectivity index (χ0n) is 13.5. The minimum absolute atomic E-state index is 0.0273. The second-order valence-electron chi connectivity index (χ2n) is 5.61. The summed E-state index contributed by atoms with van der Waals surface area (Å²) in [6.07, 6.45) is -2.88. The van der Waals surface area contributed by atoms with E-state index >= 15 is 0 Å². The molecule has 8 heteroatoms. The number of benzene rings is 2. The van der Waals surface area contributed by atoms with E-state index < -0.39 is 29.2 Å². The lowest BCUT2D eigenvalue weighted by Gasteiger charge is -2.28. The number of nitrogens with two attached hydrogens (primary N) is 1. The Bertz CT molecular complexity index is 904. The molecule has 0 bridgehead atoms. The summed E-state index contributed by atoms with van der Waals surface area (Å²) in [5.41, 5.74) is 6.30. The number of amides is 1. The minimum atomic E-state index is -2.88. The minimum Gasteiger partial charge on any atom is -0.365 e. The van der Waals surface area contributed by atoms with Gasteiger partial charge in [-0.2, -0.15) is 0 Å². The number of nitrogens with zero attached hydrogens (tertiary/aromatic N) is 1. The summed E-state index contributed by atoms with van der Waals surface area (Å²) in [5, 5.41) is -0.500. The molecule has 1 unspecified atom stereocenters. The summed E-state index contributed by atoms with van der Waals surface area (Å²) in [4.78, 5) is 12.8. The van der Waals surface area contributed by atoms with Gasteiger partial charge in [-0.05, 0) is 30.7 Å². The standard InChI is InChI=1S/C18H14ClF3N2OS/c1-9-24(15(17(21)22)16(26-9)18(23)25)14-5-3-2-4-11(14)10-6-7-12(19)13(20)8-10/h2-9,17H,1H3,(H2,23,25). The third-order valence-electron chi connectivity index (χ3n) is 3.97. The molecule has 0 saturated carbocycles. The largest absolute Gasteiger partial charge is 0.365 e. The molecule has 0 radical (unpaired) electrons. The smallest absolute Gasteiger partial charge is 0.279 e. The predicted molar refractivity (Wildman–Crippen MR) is 98.6 cm³/mol. The van der Waals surface area contributed by atoms with Gasteiger partial charge in [0, 0.05) is 11.3 Å². The van der Waals surface area contributed by atoms with Crippen LogP contribution in [0.15, 0.2) is 53.1 Å². The van der Waals surface area contributed by atoms with Crippen LogP contribution in [0.3, 0.4) is 0 Å². The predicted octanol–water partition coefficient (Wildman–Crippen LogP) is 5.01. The Morgan fingerprint density at radius 3 is 2.58 bits per heavy atom. The number of alkyl halides is 2. The summed E-state index contributed by atoms with van der Waals surface area (Å²) < 4.78 is 41.3. The Morgan fingerprint density at radius 1 is 1.27 bits per heavy atom. The van der Waals surface area contributed by atoms with E-state index in [4.69, 9.17) is 17.3 Å². The van der Waals surface area contributed by atoms with Gasteiger partial charge >= 0.3 is 0 Å². The van der Waals surface area contributed by atoms with Crippen LogP contribution in [0, 0.1) is 5.82 Å². The number of primary amides is 1. The van der Waals surface area contributed by atoms with Crippen LogP contribution in [0.2, 0.25) is 5.02 Å². The Morgan fingerprint density at radius 2 is 1.96 bits per heavy atom.